The number of nitrogens with zero attached hydrogens (tertiary/aromatic N) is 2. The van der Waals surface area contributed by atoms with Crippen LogP contribution in [0.5, 0.6) is 0 Å². The molecule has 2 aliphatic rings. The molecule has 0 bridgehead atoms. The molecule has 0 saturated heterocycles. The van der Waals surface area contributed by atoms with Crippen molar-refractivity contribution >= 4 is 34.1 Å². The van der Waals surface area contributed by atoms with Crippen molar-refractivity contribution in [2.45, 2.75) is 19.3 Å². The number of pyridine rings is 1. The number of aromatic amines is 1. The molecule has 5 rings (SSSR count). The molecule has 6 heteroatoms. The van der Waals surface area contributed by atoms with Crippen LogP contribution in [0, 0.1) is 5.92 Å². The van der Waals surface area contributed by atoms with Crippen molar-refractivity contribution in [2.75, 3.05) is 18.4 Å². The molecule has 3 heterocycles. The Bertz CT molecular complexity index is 1130. The Labute approximate surface area is 168 Å². The number of aromatic nitrogens is 2. The number of carbonyl (C=O) groups is 2. The Balaban J connectivity index is 1.30. The number of fused-ring (bicyclic) bond motifs is 1. The van der Waals surface area contributed by atoms with Gasteiger partial charge in [0.2, 0.25) is 5.91 Å². The van der Waals surface area contributed by atoms with Crippen LogP contribution in [0.25, 0.3) is 16.6 Å². The van der Waals surface area contributed by atoms with Gasteiger partial charge < -0.3 is 15.2 Å². The van der Waals surface area contributed by atoms with Crippen LogP contribution < -0.4 is 5.32 Å². The fourth-order valence-corrected chi connectivity index (χ4v) is 3.82. The molecule has 2 amide bonds. The highest BCUT2D eigenvalue weighted by Gasteiger charge is 2.29. The second-order valence-corrected chi connectivity index (χ2v) is 7.68. The van der Waals surface area contributed by atoms with Crippen molar-refractivity contribution in [1.82, 2.24) is 14.9 Å². The number of benzene rings is 1. The Morgan fingerprint density at radius 1 is 1.17 bits per heavy atom. The van der Waals surface area contributed by atoms with Gasteiger partial charge in [-0.2, -0.15) is 0 Å². The molecule has 2 aromatic heterocycles. The van der Waals surface area contributed by atoms with Crippen molar-refractivity contribution < 1.29 is 9.59 Å². The van der Waals surface area contributed by atoms with Crippen LogP contribution >= 0.6 is 0 Å². The lowest BCUT2D eigenvalue weighted by atomic mass is 9.99. The van der Waals surface area contributed by atoms with E-state index in [1.54, 1.807) is 18.3 Å². The summed E-state index contributed by atoms with van der Waals surface area (Å²) in [5.74, 6) is 0.177. The Kier molecular flexibility index (Phi) is 4.39. The highest BCUT2D eigenvalue weighted by atomic mass is 16.2. The van der Waals surface area contributed by atoms with E-state index in [1.807, 2.05) is 29.3 Å². The van der Waals surface area contributed by atoms with Gasteiger partial charge in [-0.05, 0) is 55.2 Å². The van der Waals surface area contributed by atoms with Gasteiger partial charge in [0.1, 0.15) is 5.65 Å². The van der Waals surface area contributed by atoms with Crippen LogP contribution in [-0.4, -0.2) is 39.8 Å². The summed E-state index contributed by atoms with van der Waals surface area (Å²) < 4.78 is 0. The third-order valence-corrected chi connectivity index (χ3v) is 5.62. The maximum atomic E-state index is 13.0. The summed E-state index contributed by atoms with van der Waals surface area (Å²) in [6.45, 7) is 1.23. The lowest BCUT2D eigenvalue weighted by Crippen LogP contribution is -2.34. The van der Waals surface area contributed by atoms with Crippen LogP contribution in [0.4, 0.5) is 5.69 Å². The molecule has 1 aliphatic carbocycles. The minimum atomic E-state index is -0.0107. The molecule has 2 N–H and O–H groups in total. The highest BCUT2D eigenvalue weighted by Crippen LogP contribution is 2.31. The van der Waals surface area contributed by atoms with Gasteiger partial charge in [-0.3, -0.25) is 9.59 Å². The fourth-order valence-electron chi connectivity index (χ4n) is 3.82. The van der Waals surface area contributed by atoms with Gasteiger partial charge in [-0.25, -0.2) is 4.98 Å². The summed E-state index contributed by atoms with van der Waals surface area (Å²) in [5, 5.41) is 4.02. The summed E-state index contributed by atoms with van der Waals surface area (Å²) in [6, 6.07) is 11.2. The summed E-state index contributed by atoms with van der Waals surface area (Å²) >= 11 is 0. The largest absolute Gasteiger partial charge is 0.346 e. The first-order valence-corrected chi connectivity index (χ1v) is 10.0. The molecule has 3 aromatic rings. The lowest BCUT2D eigenvalue weighted by molar-refractivity contribution is -0.117. The van der Waals surface area contributed by atoms with Crippen LogP contribution in [0.15, 0.2) is 54.9 Å². The van der Waals surface area contributed by atoms with Crippen molar-refractivity contribution in [3.63, 3.8) is 0 Å². The normalized spacial score (nSPS) is 16.6. The van der Waals surface area contributed by atoms with E-state index in [-0.39, 0.29) is 17.7 Å². The van der Waals surface area contributed by atoms with Gasteiger partial charge in [-0.15, -0.1) is 0 Å². The maximum Gasteiger partial charge on any atom is 0.254 e. The highest BCUT2D eigenvalue weighted by molar-refractivity contribution is 5.99. The van der Waals surface area contributed by atoms with Crippen LogP contribution in [0.2, 0.25) is 0 Å². The molecule has 0 radical (unpaired) electrons. The van der Waals surface area contributed by atoms with Gasteiger partial charge >= 0.3 is 0 Å². The molecule has 1 saturated carbocycles. The molecular weight excluding hydrogens is 364 g/mol. The van der Waals surface area contributed by atoms with E-state index in [0.29, 0.717) is 24.3 Å². The minimum Gasteiger partial charge on any atom is -0.346 e. The fraction of sp³-hybridized carbons (Fsp3) is 0.261. The summed E-state index contributed by atoms with van der Waals surface area (Å²) in [4.78, 5) is 34.3. The SMILES string of the molecule is O=C(Nc1cccc(C(=O)N2CC=C(c3c[nH]c4ncccc34)CC2)c1)C1CC1. The van der Waals surface area contributed by atoms with Crippen molar-refractivity contribution in [1.29, 1.82) is 0 Å². The number of nitrogens with one attached hydrogen (secondary N) is 2. The average Bonchev–Trinajstić information content (AvgIpc) is 3.53. The summed E-state index contributed by atoms with van der Waals surface area (Å²) in [6.07, 6.45) is 8.60. The molecule has 1 fully saturated rings. The zero-order valence-corrected chi connectivity index (χ0v) is 16.0. The standard InChI is InChI=1S/C23H22N4O2/c28-22(16-6-7-16)26-18-4-1-3-17(13-18)23(29)27-11-8-15(9-12-27)20-14-25-21-19(20)5-2-10-24-21/h1-5,8,10,13-14,16H,6-7,9,11-12H2,(H,24,25)(H,26,28). The summed E-state index contributed by atoms with van der Waals surface area (Å²) in [7, 11) is 0. The topological polar surface area (TPSA) is 78.1 Å². The van der Waals surface area contributed by atoms with Crippen molar-refractivity contribution in [3.05, 3.63) is 66.0 Å². The van der Waals surface area contributed by atoms with Crippen molar-refractivity contribution in [3.8, 4) is 0 Å². The quantitative estimate of drug-likeness (QED) is 0.715. The molecule has 6 nitrogen and oxygen atoms in total. The number of amides is 2. The molecule has 146 valence electrons. The third-order valence-electron chi connectivity index (χ3n) is 5.62. The Morgan fingerprint density at radius 3 is 2.86 bits per heavy atom. The lowest BCUT2D eigenvalue weighted by Gasteiger charge is -2.26. The molecule has 0 spiro atoms. The monoisotopic (exact) mass is 386 g/mol. The number of hydrogen-bond acceptors (Lipinski definition) is 3. The Hall–Kier alpha value is -3.41. The van der Waals surface area contributed by atoms with E-state index < -0.39 is 0 Å². The first-order chi connectivity index (χ1) is 14.2. The van der Waals surface area contributed by atoms with Crippen LogP contribution in [-0.2, 0) is 4.79 Å². The number of anilines is 1. The smallest absolute Gasteiger partial charge is 0.254 e. The molecule has 0 atom stereocenters. The number of carbonyl (C=O) groups excluding carboxylic acids is 2. The van der Waals surface area contributed by atoms with Crippen molar-refractivity contribution in [2.24, 2.45) is 5.92 Å². The Morgan fingerprint density at radius 2 is 2.07 bits per heavy atom. The first-order valence-electron chi connectivity index (χ1n) is 10.0. The van der Waals surface area contributed by atoms with E-state index in [0.717, 1.165) is 35.9 Å². The van der Waals surface area contributed by atoms with E-state index in [4.69, 9.17) is 0 Å². The molecule has 0 unspecified atom stereocenters. The van der Waals surface area contributed by atoms with Gasteiger partial charge in [-0.1, -0.05) is 12.1 Å². The second-order valence-electron chi connectivity index (χ2n) is 7.68. The first kappa shape index (κ1) is 17.7. The molecule has 1 aliphatic heterocycles. The predicted octanol–water partition coefficient (Wildman–Crippen LogP) is 3.84. The number of hydrogen-bond donors (Lipinski definition) is 2. The number of H-pyrrole nitrogens is 1. The van der Waals surface area contributed by atoms with Gasteiger partial charge in [0.25, 0.3) is 5.91 Å². The zero-order valence-electron chi connectivity index (χ0n) is 16.0. The van der Waals surface area contributed by atoms with E-state index in [2.05, 4.69) is 27.4 Å². The van der Waals surface area contributed by atoms with Gasteiger partial charge in [0, 0.05) is 53.6 Å². The average molecular weight is 386 g/mol. The van der Waals surface area contributed by atoms with Gasteiger partial charge in [0.05, 0.1) is 0 Å². The van der Waals surface area contributed by atoms with Crippen LogP contribution in [0.3, 0.4) is 0 Å². The zero-order chi connectivity index (χ0) is 19.8. The number of rotatable bonds is 4. The molecule has 29 heavy (non-hydrogen) atoms. The maximum absolute atomic E-state index is 13.0. The summed E-state index contributed by atoms with van der Waals surface area (Å²) in [5.41, 5.74) is 4.56. The second kappa shape index (κ2) is 7.20. The van der Waals surface area contributed by atoms with E-state index in [9.17, 15) is 9.59 Å². The van der Waals surface area contributed by atoms with Gasteiger partial charge in [0.15, 0.2) is 0 Å². The molecular formula is C23H22N4O2. The minimum absolute atomic E-state index is 0.0107. The molecule has 1 aromatic carbocycles. The van der Waals surface area contributed by atoms with Crippen LogP contribution in [0.1, 0.15) is 35.2 Å². The van der Waals surface area contributed by atoms with E-state index in [1.165, 1.54) is 5.57 Å². The predicted molar refractivity (Wildman–Crippen MR) is 112 cm³/mol. The third kappa shape index (κ3) is 3.53. The van der Waals surface area contributed by atoms with E-state index >= 15 is 0 Å².